The lowest BCUT2D eigenvalue weighted by molar-refractivity contribution is 0.332. The van der Waals surface area contributed by atoms with Crippen molar-refractivity contribution in [1.82, 2.24) is 0 Å². The summed E-state index contributed by atoms with van der Waals surface area (Å²) >= 11 is 0. The van der Waals surface area contributed by atoms with Crippen LogP contribution in [-0.4, -0.2) is 6.71 Å². The molecule has 0 fully saturated rings. The van der Waals surface area contributed by atoms with Crippen LogP contribution in [0.3, 0.4) is 0 Å². The molecule has 77 heavy (non-hydrogen) atoms. The second-order valence-electron chi connectivity index (χ2n) is 29.3. The van der Waals surface area contributed by atoms with Crippen molar-refractivity contribution in [2.24, 2.45) is 0 Å². The lowest BCUT2D eigenvalue weighted by Crippen LogP contribution is -2.61. The van der Waals surface area contributed by atoms with Gasteiger partial charge in [-0.25, -0.2) is 0 Å². The second kappa shape index (κ2) is 16.6. The molecule has 5 aliphatic rings. The van der Waals surface area contributed by atoms with Crippen molar-refractivity contribution in [2.75, 3.05) is 9.80 Å². The summed E-state index contributed by atoms with van der Waals surface area (Å²) < 4.78 is 7.81. The molecule has 0 unspecified atom stereocenters. The molecule has 392 valence electrons. The number of hydrogen-bond acceptors (Lipinski definition) is 3. The first-order valence-electron chi connectivity index (χ1n) is 29.2. The maximum Gasteiger partial charge on any atom is 0.297 e. The SMILES string of the molecule is CC(C)(C)c1ccc2c(c1)B1c3oc4cc5c(cc4c3N(c3ccc4c(c3)C(C)(C)CCC4(C)C)c3cc(C(c4ccccc4)c4ccccc4)cc(c31)N2c1ccc2c(c1)C(C)(C)CCC2(C)C)C(C)(C)CCC5(C)C. The van der Waals surface area contributed by atoms with Crippen LogP contribution in [0.1, 0.15) is 204 Å². The fraction of sp³-hybridized carbons (Fsp3) is 0.397. The van der Waals surface area contributed by atoms with Crippen LogP contribution in [-0.2, 0) is 37.9 Å². The molecule has 13 rings (SSSR count). The number of fused-ring (bicyclic) bond motifs is 9. The van der Waals surface area contributed by atoms with Gasteiger partial charge in [-0.3, -0.25) is 0 Å². The third-order valence-electron chi connectivity index (χ3n) is 20.3. The molecule has 0 radical (unpaired) electrons. The van der Waals surface area contributed by atoms with Gasteiger partial charge in [-0.05, 0) is 198 Å². The van der Waals surface area contributed by atoms with Crippen LogP contribution in [0.4, 0.5) is 34.1 Å². The molecule has 0 spiro atoms. The van der Waals surface area contributed by atoms with E-state index in [4.69, 9.17) is 4.42 Å². The van der Waals surface area contributed by atoms with E-state index >= 15 is 0 Å². The zero-order chi connectivity index (χ0) is 54.1. The normalized spacial score (nSPS) is 19.7. The Kier molecular flexibility index (Phi) is 10.9. The minimum absolute atomic E-state index is 0.00996. The van der Waals surface area contributed by atoms with Crippen LogP contribution in [0, 0.1) is 0 Å². The zero-order valence-corrected chi connectivity index (χ0v) is 49.0. The first kappa shape index (κ1) is 50.3. The van der Waals surface area contributed by atoms with Gasteiger partial charge in [0.15, 0.2) is 0 Å². The summed E-state index contributed by atoms with van der Waals surface area (Å²) in [5.74, 6) is -0.0326. The minimum atomic E-state index is -0.174. The average Bonchev–Trinajstić information content (AvgIpc) is 3.79. The van der Waals surface area contributed by atoms with Gasteiger partial charge in [-0.1, -0.05) is 189 Å². The molecule has 3 aliphatic carbocycles. The first-order valence-corrected chi connectivity index (χ1v) is 29.2. The molecule has 1 aromatic heterocycles. The Labute approximate surface area is 461 Å². The second-order valence-corrected chi connectivity index (χ2v) is 29.3. The molecule has 0 saturated carbocycles. The number of nitrogens with zero attached hydrogens (tertiary/aromatic N) is 2. The van der Waals surface area contributed by atoms with E-state index < -0.39 is 0 Å². The first-order chi connectivity index (χ1) is 36.3. The highest BCUT2D eigenvalue weighted by Crippen LogP contribution is 2.55. The van der Waals surface area contributed by atoms with Crippen molar-refractivity contribution in [3.8, 4) is 0 Å². The number of furan rings is 1. The van der Waals surface area contributed by atoms with Crippen molar-refractivity contribution in [1.29, 1.82) is 0 Å². The van der Waals surface area contributed by atoms with Crippen LogP contribution in [0.5, 0.6) is 0 Å². The summed E-state index contributed by atoms with van der Waals surface area (Å²) in [6, 6.07) is 55.2. The van der Waals surface area contributed by atoms with E-state index in [-0.39, 0.29) is 50.5 Å². The van der Waals surface area contributed by atoms with E-state index in [2.05, 4.69) is 253 Å². The highest BCUT2D eigenvalue weighted by Gasteiger charge is 2.50. The van der Waals surface area contributed by atoms with Gasteiger partial charge in [0.05, 0.1) is 11.3 Å². The highest BCUT2D eigenvalue weighted by molar-refractivity contribution is 7.00. The summed E-state index contributed by atoms with van der Waals surface area (Å²) in [5.41, 5.74) is 26.0. The van der Waals surface area contributed by atoms with E-state index in [1.54, 1.807) is 0 Å². The van der Waals surface area contributed by atoms with Gasteiger partial charge in [0, 0.05) is 39.7 Å². The van der Waals surface area contributed by atoms with Crippen LogP contribution >= 0.6 is 0 Å². The summed E-state index contributed by atoms with van der Waals surface area (Å²) in [6.07, 6.45) is 6.94. The Morgan fingerprint density at radius 2 is 0.870 bits per heavy atom. The number of rotatable bonds is 5. The smallest absolute Gasteiger partial charge is 0.297 e. The molecule has 0 amide bonds. The molecule has 8 aromatic rings. The summed E-state index contributed by atoms with van der Waals surface area (Å²) in [4.78, 5) is 5.35. The van der Waals surface area contributed by atoms with E-state index in [0.717, 1.165) is 36.9 Å². The van der Waals surface area contributed by atoms with Crippen LogP contribution in [0.2, 0.25) is 0 Å². The molecular weight excluding hydrogens is 932 g/mol. The van der Waals surface area contributed by atoms with Crippen molar-refractivity contribution in [3.05, 3.63) is 195 Å². The largest absolute Gasteiger partial charge is 0.468 e. The van der Waals surface area contributed by atoms with Gasteiger partial charge in [0.25, 0.3) is 6.71 Å². The quantitative estimate of drug-likeness (QED) is 0.127. The topological polar surface area (TPSA) is 19.6 Å². The summed E-state index contributed by atoms with van der Waals surface area (Å²) in [7, 11) is 0. The molecule has 7 aromatic carbocycles. The Balaban J connectivity index is 1.20. The van der Waals surface area contributed by atoms with Gasteiger partial charge in [-0.15, -0.1) is 0 Å². The Bertz CT molecular complexity index is 3670. The third-order valence-corrected chi connectivity index (χ3v) is 20.3. The van der Waals surface area contributed by atoms with E-state index in [9.17, 15) is 0 Å². The molecular formula is C73H81BN2O. The molecule has 0 atom stereocenters. The van der Waals surface area contributed by atoms with Gasteiger partial charge in [0.1, 0.15) is 5.58 Å². The molecule has 2 aliphatic heterocycles. The maximum atomic E-state index is 7.81. The zero-order valence-electron chi connectivity index (χ0n) is 49.0. The summed E-state index contributed by atoms with van der Waals surface area (Å²) in [6.45, 7) is 36.4. The molecule has 3 nitrogen and oxygen atoms in total. The van der Waals surface area contributed by atoms with E-state index in [1.807, 2.05) is 0 Å². The molecule has 0 saturated heterocycles. The third kappa shape index (κ3) is 7.71. The van der Waals surface area contributed by atoms with Crippen molar-refractivity contribution < 1.29 is 4.42 Å². The fourth-order valence-corrected chi connectivity index (χ4v) is 15.0. The molecule has 3 heterocycles. The van der Waals surface area contributed by atoms with Crippen LogP contribution < -0.4 is 26.4 Å². The van der Waals surface area contributed by atoms with E-state index in [1.165, 1.54) is 119 Å². The molecule has 4 heteroatoms. The van der Waals surface area contributed by atoms with Gasteiger partial charge >= 0.3 is 0 Å². The predicted molar refractivity (Wildman–Crippen MR) is 329 cm³/mol. The molecule has 0 bridgehead atoms. The minimum Gasteiger partial charge on any atom is -0.468 e. The van der Waals surface area contributed by atoms with Crippen LogP contribution in [0.15, 0.2) is 144 Å². The molecule has 0 N–H and O–H groups in total. The number of anilines is 6. The lowest BCUT2D eigenvalue weighted by atomic mass is 9.35. The van der Waals surface area contributed by atoms with Gasteiger partial charge < -0.3 is 14.2 Å². The number of benzene rings is 7. The predicted octanol–water partition coefficient (Wildman–Crippen LogP) is 18.0. The maximum absolute atomic E-state index is 7.81. The monoisotopic (exact) mass is 1010 g/mol. The fourth-order valence-electron chi connectivity index (χ4n) is 15.0. The van der Waals surface area contributed by atoms with Gasteiger partial charge in [0.2, 0.25) is 0 Å². The standard InChI is InChI=1S/C73H81BN2O/c1-67(2,3)48-26-31-59-58(40-48)74-64-60(75(59)49-27-29-52-54(41-49)70(8,9)34-32-68(52,4)5)38-47(63(45-22-18-16-19-23-45)46-24-20-17-21-25-46)39-61(64)76(50-28-30-53-55(42-50)71(10,11)35-33-69(53,6)7)65-51-43-56-57(44-62(51)77-66(65)74)73(14,15)37-36-72(56,12)13/h16-31,38-44,63H,32-37H2,1-15H3. The van der Waals surface area contributed by atoms with Gasteiger partial charge in [-0.2, -0.15) is 0 Å². The Hall–Kier alpha value is -6.26. The highest BCUT2D eigenvalue weighted by atomic mass is 16.3. The van der Waals surface area contributed by atoms with Crippen molar-refractivity contribution in [3.63, 3.8) is 0 Å². The Morgan fingerprint density at radius 1 is 0.429 bits per heavy atom. The average molecular weight is 1010 g/mol. The number of hydrogen-bond donors (Lipinski definition) is 0. The van der Waals surface area contributed by atoms with Crippen molar-refractivity contribution >= 4 is 68.4 Å². The summed E-state index contributed by atoms with van der Waals surface area (Å²) in [5, 5.41) is 1.21. The van der Waals surface area contributed by atoms with Crippen molar-refractivity contribution in [2.45, 2.75) is 186 Å². The van der Waals surface area contributed by atoms with E-state index in [0.29, 0.717) is 0 Å². The lowest BCUT2D eigenvalue weighted by Gasteiger charge is -2.46. The van der Waals surface area contributed by atoms with Crippen LogP contribution in [0.25, 0.3) is 11.0 Å². The Morgan fingerprint density at radius 3 is 1.36 bits per heavy atom.